The lowest BCUT2D eigenvalue weighted by Crippen LogP contribution is -2.10. The van der Waals surface area contributed by atoms with Gasteiger partial charge in [-0.05, 0) is 29.8 Å². The van der Waals surface area contributed by atoms with E-state index < -0.39 is 0 Å². The van der Waals surface area contributed by atoms with Gasteiger partial charge in [-0.15, -0.1) is 0 Å². The molecule has 0 atom stereocenters. The lowest BCUT2D eigenvalue weighted by molar-refractivity contribution is 0.192. The molecule has 0 spiro atoms. The number of methoxy groups -OCH3 is 2. The van der Waals surface area contributed by atoms with Crippen LogP contribution in [0, 0.1) is 0 Å². The largest absolute Gasteiger partial charge is 0.497 e. The molecule has 3 rings (SSSR count). The number of nitrogen functional groups attached to an aromatic ring is 1. The van der Waals surface area contributed by atoms with E-state index >= 15 is 0 Å². The van der Waals surface area contributed by atoms with E-state index in [1.165, 1.54) is 0 Å². The van der Waals surface area contributed by atoms with E-state index in [4.69, 9.17) is 29.8 Å². The SMILES string of the molecule is COc1ccc(Cc2nc(N)c(Oc3ccccc3OC)c(OCCO)n2)cc1. The maximum atomic E-state index is 9.14. The van der Waals surface area contributed by atoms with E-state index in [1.54, 1.807) is 32.4 Å². The first-order valence-corrected chi connectivity index (χ1v) is 8.98. The summed E-state index contributed by atoms with van der Waals surface area (Å²) < 4.78 is 21.9. The number of benzene rings is 2. The number of hydrogen-bond acceptors (Lipinski definition) is 8. The lowest BCUT2D eigenvalue weighted by atomic mass is 10.1. The summed E-state index contributed by atoms with van der Waals surface area (Å²) in [6.07, 6.45) is 0.443. The smallest absolute Gasteiger partial charge is 0.263 e. The third kappa shape index (κ3) is 5.05. The van der Waals surface area contributed by atoms with Crippen molar-refractivity contribution in [3.63, 3.8) is 0 Å². The first kappa shape index (κ1) is 20.2. The van der Waals surface area contributed by atoms with Gasteiger partial charge in [0.1, 0.15) is 18.2 Å². The summed E-state index contributed by atoms with van der Waals surface area (Å²) in [5.74, 6) is 2.66. The second-order valence-electron chi connectivity index (χ2n) is 6.01. The van der Waals surface area contributed by atoms with Gasteiger partial charge in [0.25, 0.3) is 5.88 Å². The number of rotatable bonds is 9. The number of ether oxygens (including phenoxy) is 4. The zero-order valence-corrected chi connectivity index (χ0v) is 16.3. The number of aromatic nitrogens is 2. The molecule has 0 unspecified atom stereocenters. The summed E-state index contributed by atoms with van der Waals surface area (Å²) in [6, 6.07) is 14.7. The van der Waals surface area contributed by atoms with Crippen molar-refractivity contribution in [2.45, 2.75) is 6.42 Å². The van der Waals surface area contributed by atoms with Crippen LogP contribution < -0.4 is 24.7 Å². The summed E-state index contributed by atoms with van der Waals surface area (Å²) in [5, 5.41) is 9.14. The topological polar surface area (TPSA) is 109 Å². The maximum absolute atomic E-state index is 9.14. The average molecular weight is 397 g/mol. The van der Waals surface area contributed by atoms with E-state index in [0.29, 0.717) is 23.7 Å². The van der Waals surface area contributed by atoms with E-state index in [2.05, 4.69) is 9.97 Å². The quantitative estimate of drug-likeness (QED) is 0.567. The molecule has 1 heterocycles. The number of para-hydroxylation sites is 2. The van der Waals surface area contributed by atoms with Gasteiger partial charge < -0.3 is 29.8 Å². The maximum Gasteiger partial charge on any atom is 0.263 e. The summed E-state index contributed by atoms with van der Waals surface area (Å²) in [6.45, 7) is -0.132. The summed E-state index contributed by atoms with van der Waals surface area (Å²) in [7, 11) is 3.16. The molecule has 1 aromatic heterocycles. The van der Waals surface area contributed by atoms with Crippen LogP contribution in [0.1, 0.15) is 11.4 Å². The van der Waals surface area contributed by atoms with E-state index in [0.717, 1.165) is 11.3 Å². The van der Waals surface area contributed by atoms with Gasteiger partial charge in [0.15, 0.2) is 17.3 Å². The number of hydrogen-bond donors (Lipinski definition) is 2. The van der Waals surface area contributed by atoms with Crippen molar-refractivity contribution >= 4 is 5.82 Å². The standard InChI is InChI=1S/C21H23N3O5/c1-26-15-9-7-14(8-10-15)13-18-23-20(22)19(21(24-18)28-12-11-25)29-17-6-4-3-5-16(17)27-2/h3-10,25H,11-13H2,1-2H3,(H2,22,23,24). The Morgan fingerprint density at radius 3 is 2.31 bits per heavy atom. The molecule has 152 valence electrons. The molecule has 3 N–H and O–H groups in total. The fourth-order valence-corrected chi connectivity index (χ4v) is 2.65. The molecule has 0 amide bonds. The first-order valence-electron chi connectivity index (χ1n) is 8.98. The van der Waals surface area contributed by atoms with Gasteiger partial charge in [-0.1, -0.05) is 24.3 Å². The number of nitrogens with two attached hydrogens (primary N) is 1. The molecule has 8 nitrogen and oxygen atoms in total. The minimum atomic E-state index is -0.175. The minimum Gasteiger partial charge on any atom is -0.497 e. The van der Waals surface area contributed by atoms with Crippen LogP contribution in [-0.2, 0) is 6.42 Å². The van der Waals surface area contributed by atoms with E-state index in [9.17, 15) is 0 Å². The Bertz CT molecular complexity index is 948. The van der Waals surface area contributed by atoms with Gasteiger partial charge in [0.2, 0.25) is 5.75 Å². The number of aliphatic hydroxyl groups is 1. The Morgan fingerprint density at radius 1 is 0.931 bits per heavy atom. The highest BCUT2D eigenvalue weighted by molar-refractivity contribution is 5.56. The lowest BCUT2D eigenvalue weighted by Gasteiger charge is -2.15. The Hall–Kier alpha value is -3.52. The van der Waals surface area contributed by atoms with Crippen molar-refractivity contribution in [3.8, 4) is 28.9 Å². The van der Waals surface area contributed by atoms with Crippen molar-refractivity contribution in [1.29, 1.82) is 0 Å². The first-order chi connectivity index (χ1) is 14.1. The molecule has 29 heavy (non-hydrogen) atoms. The number of nitrogens with zero attached hydrogens (tertiary/aromatic N) is 2. The van der Waals surface area contributed by atoms with Gasteiger partial charge in [-0.3, -0.25) is 0 Å². The molecule has 0 aliphatic rings. The molecule has 8 heteroatoms. The molecular weight excluding hydrogens is 374 g/mol. The predicted octanol–water partition coefficient (Wildman–Crippen LogP) is 2.83. The molecule has 0 saturated heterocycles. The van der Waals surface area contributed by atoms with Gasteiger partial charge >= 0.3 is 0 Å². The van der Waals surface area contributed by atoms with Crippen molar-refractivity contribution in [2.24, 2.45) is 0 Å². The minimum absolute atomic E-state index is 0.0424. The molecule has 3 aromatic rings. The predicted molar refractivity (Wildman–Crippen MR) is 108 cm³/mol. The van der Waals surface area contributed by atoms with Crippen LogP contribution in [0.15, 0.2) is 48.5 Å². The van der Waals surface area contributed by atoms with Crippen LogP contribution in [0.5, 0.6) is 28.9 Å². The Balaban J connectivity index is 1.91. The van der Waals surface area contributed by atoms with Crippen LogP contribution in [0.25, 0.3) is 0 Å². The Morgan fingerprint density at radius 2 is 1.66 bits per heavy atom. The van der Waals surface area contributed by atoms with Crippen molar-refractivity contribution in [3.05, 3.63) is 59.9 Å². The Labute approximate surface area is 168 Å². The molecule has 2 aromatic carbocycles. The third-order valence-electron chi connectivity index (χ3n) is 4.04. The van der Waals surface area contributed by atoms with Gasteiger partial charge in [0.05, 0.1) is 20.8 Å². The molecule has 0 aliphatic heterocycles. The van der Waals surface area contributed by atoms with Crippen LogP contribution in [0.2, 0.25) is 0 Å². The highest BCUT2D eigenvalue weighted by atomic mass is 16.5. The summed E-state index contributed by atoms with van der Waals surface area (Å²) in [4.78, 5) is 8.80. The van der Waals surface area contributed by atoms with Crippen molar-refractivity contribution in [2.75, 3.05) is 33.2 Å². The van der Waals surface area contributed by atoms with E-state index in [1.807, 2.05) is 30.3 Å². The monoisotopic (exact) mass is 397 g/mol. The second kappa shape index (κ2) is 9.61. The second-order valence-corrected chi connectivity index (χ2v) is 6.01. The molecule has 0 radical (unpaired) electrons. The summed E-state index contributed by atoms with van der Waals surface area (Å²) >= 11 is 0. The number of aliphatic hydroxyl groups excluding tert-OH is 1. The van der Waals surface area contributed by atoms with Crippen LogP contribution >= 0.6 is 0 Å². The van der Waals surface area contributed by atoms with Gasteiger partial charge in [-0.2, -0.15) is 4.98 Å². The normalized spacial score (nSPS) is 10.4. The molecule has 0 fully saturated rings. The zero-order valence-electron chi connectivity index (χ0n) is 16.3. The van der Waals surface area contributed by atoms with Crippen molar-refractivity contribution < 1.29 is 24.1 Å². The fourth-order valence-electron chi connectivity index (χ4n) is 2.65. The van der Waals surface area contributed by atoms with E-state index in [-0.39, 0.29) is 30.7 Å². The molecular formula is C21H23N3O5. The highest BCUT2D eigenvalue weighted by Crippen LogP contribution is 2.38. The Kier molecular flexibility index (Phi) is 6.70. The van der Waals surface area contributed by atoms with Gasteiger partial charge in [0, 0.05) is 6.42 Å². The number of anilines is 1. The molecule has 0 aliphatic carbocycles. The fraction of sp³-hybridized carbons (Fsp3) is 0.238. The average Bonchev–Trinajstić information content (AvgIpc) is 2.75. The summed E-state index contributed by atoms with van der Waals surface area (Å²) in [5.41, 5.74) is 7.14. The van der Waals surface area contributed by atoms with Crippen LogP contribution in [-0.4, -0.2) is 42.5 Å². The molecule has 0 saturated carbocycles. The van der Waals surface area contributed by atoms with Crippen LogP contribution in [0.3, 0.4) is 0 Å². The van der Waals surface area contributed by atoms with Crippen molar-refractivity contribution in [1.82, 2.24) is 9.97 Å². The van der Waals surface area contributed by atoms with Crippen LogP contribution in [0.4, 0.5) is 5.82 Å². The van der Waals surface area contributed by atoms with Gasteiger partial charge in [-0.25, -0.2) is 4.98 Å². The highest BCUT2D eigenvalue weighted by Gasteiger charge is 2.18. The molecule has 0 bridgehead atoms. The zero-order chi connectivity index (χ0) is 20.6. The third-order valence-corrected chi connectivity index (χ3v) is 4.04.